The molecule has 3 nitrogen and oxygen atoms in total. The summed E-state index contributed by atoms with van der Waals surface area (Å²) in [4.78, 5) is -4.37. The van der Waals surface area contributed by atoms with E-state index in [9.17, 15) is 26.0 Å². The normalized spacial score (nSPS) is 14.4. The number of halogens is 5. The van der Waals surface area contributed by atoms with Gasteiger partial charge in [-0.3, -0.25) is 4.18 Å². The standard InChI is InChI=1S/C5H7BrF4O3S/c1-14(11,12)13-3-2-4(7,8)5(6,9)10/h2-3H2,1H3. The first kappa shape index (κ1) is 14.1. The van der Waals surface area contributed by atoms with E-state index in [0.29, 0.717) is 6.26 Å². The lowest BCUT2D eigenvalue weighted by molar-refractivity contribution is -0.154. The van der Waals surface area contributed by atoms with Crippen molar-refractivity contribution in [3.05, 3.63) is 0 Å². The fraction of sp³-hybridized carbons (Fsp3) is 1.00. The van der Waals surface area contributed by atoms with Crippen LogP contribution in [0.5, 0.6) is 0 Å². The molecule has 9 heteroatoms. The zero-order chi connectivity index (χ0) is 11.6. The molecule has 0 saturated heterocycles. The van der Waals surface area contributed by atoms with Gasteiger partial charge in [-0.05, 0) is 15.9 Å². The lowest BCUT2D eigenvalue weighted by Crippen LogP contribution is -2.36. The van der Waals surface area contributed by atoms with E-state index in [0.717, 1.165) is 0 Å². The largest absolute Gasteiger partial charge is 0.363 e. The first-order valence-electron chi connectivity index (χ1n) is 3.25. The topological polar surface area (TPSA) is 43.4 Å². The molecule has 0 aromatic heterocycles. The van der Waals surface area contributed by atoms with E-state index >= 15 is 0 Å². The van der Waals surface area contributed by atoms with Gasteiger partial charge in [0.25, 0.3) is 10.1 Å². The predicted molar refractivity (Wildman–Crippen MR) is 44.2 cm³/mol. The first-order valence-corrected chi connectivity index (χ1v) is 5.85. The van der Waals surface area contributed by atoms with Gasteiger partial charge in [-0.25, -0.2) is 0 Å². The molecule has 0 aromatic rings. The van der Waals surface area contributed by atoms with E-state index in [-0.39, 0.29) is 0 Å². The Kier molecular flexibility index (Phi) is 4.35. The summed E-state index contributed by atoms with van der Waals surface area (Å²) in [5, 5.41) is 0. The van der Waals surface area contributed by atoms with Crippen LogP contribution in [0.4, 0.5) is 17.6 Å². The van der Waals surface area contributed by atoms with E-state index in [2.05, 4.69) is 4.18 Å². The third-order valence-corrected chi connectivity index (χ3v) is 2.30. The van der Waals surface area contributed by atoms with Crippen molar-refractivity contribution in [2.45, 2.75) is 17.2 Å². The van der Waals surface area contributed by atoms with Crippen molar-refractivity contribution in [3.8, 4) is 0 Å². The Morgan fingerprint density at radius 1 is 1.29 bits per heavy atom. The first-order chi connectivity index (χ1) is 5.96. The second-order valence-corrected chi connectivity index (χ2v) is 5.12. The molecule has 0 atom stereocenters. The van der Waals surface area contributed by atoms with E-state index in [1.54, 1.807) is 0 Å². The zero-order valence-corrected chi connectivity index (χ0v) is 9.34. The average molecular weight is 303 g/mol. The highest BCUT2D eigenvalue weighted by molar-refractivity contribution is 9.10. The SMILES string of the molecule is CS(=O)(=O)OCCC(F)(F)C(F)(F)Br. The molecule has 0 saturated carbocycles. The lowest BCUT2D eigenvalue weighted by Gasteiger charge is -2.20. The number of alkyl halides is 5. The molecule has 0 aliphatic rings. The van der Waals surface area contributed by atoms with Gasteiger partial charge in [0, 0.05) is 6.42 Å². The second-order valence-electron chi connectivity index (χ2n) is 2.48. The minimum atomic E-state index is -4.37. The molecule has 0 fully saturated rings. The van der Waals surface area contributed by atoms with Crippen LogP contribution < -0.4 is 0 Å². The van der Waals surface area contributed by atoms with Crippen molar-refractivity contribution in [3.63, 3.8) is 0 Å². The Bertz CT molecular complexity index is 284. The quantitative estimate of drug-likeness (QED) is 0.443. The van der Waals surface area contributed by atoms with Crippen LogP contribution >= 0.6 is 15.9 Å². The molecule has 0 bridgehead atoms. The molecule has 0 spiro atoms. The van der Waals surface area contributed by atoms with Gasteiger partial charge >= 0.3 is 10.8 Å². The Balaban J connectivity index is 4.15. The second kappa shape index (κ2) is 4.31. The maximum Gasteiger partial charge on any atom is 0.363 e. The van der Waals surface area contributed by atoms with Crippen molar-refractivity contribution in [1.82, 2.24) is 0 Å². The van der Waals surface area contributed by atoms with Crippen LogP contribution in [0.15, 0.2) is 0 Å². The molecule has 0 amide bonds. The van der Waals surface area contributed by atoms with Crippen molar-refractivity contribution in [1.29, 1.82) is 0 Å². The molecule has 0 heterocycles. The number of hydrogen-bond donors (Lipinski definition) is 0. The van der Waals surface area contributed by atoms with Crippen LogP contribution in [0.2, 0.25) is 0 Å². The predicted octanol–water partition coefficient (Wildman–Crippen LogP) is 1.98. The lowest BCUT2D eigenvalue weighted by atomic mass is 10.2. The molecule has 0 aromatic carbocycles. The molecule has 0 N–H and O–H groups in total. The molecule has 14 heavy (non-hydrogen) atoms. The van der Waals surface area contributed by atoms with E-state index < -0.39 is 33.9 Å². The van der Waals surface area contributed by atoms with Gasteiger partial charge in [0.15, 0.2) is 0 Å². The highest BCUT2D eigenvalue weighted by atomic mass is 79.9. The molecule has 0 aliphatic carbocycles. The van der Waals surface area contributed by atoms with Crippen LogP contribution in [-0.4, -0.2) is 32.0 Å². The Morgan fingerprint density at radius 3 is 2.00 bits per heavy atom. The molecule has 0 radical (unpaired) electrons. The fourth-order valence-electron chi connectivity index (χ4n) is 0.463. The van der Waals surface area contributed by atoms with Gasteiger partial charge in [-0.2, -0.15) is 26.0 Å². The molecule has 86 valence electrons. The Morgan fingerprint density at radius 2 is 1.71 bits per heavy atom. The van der Waals surface area contributed by atoms with Gasteiger partial charge < -0.3 is 0 Å². The number of hydrogen-bond acceptors (Lipinski definition) is 3. The summed E-state index contributed by atoms with van der Waals surface area (Å²) >= 11 is 1.49. The number of rotatable bonds is 5. The molecular weight excluding hydrogens is 296 g/mol. The van der Waals surface area contributed by atoms with Crippen LogP contribution in [0.25, 0.3) is 0 Å². The van der Waals surface area contributed by atoms with Crippen molar-refractivity contribution >= 4 is 26.0 Å². The van der Waals surface area contributed by atoms with Gasteiger partial charge in [-0.1, -0.05) is 0 Å². The summed E-state index contributed by atoms with van der Waals surface area (Å²) in [5.74, 6) is -4.35. The Hall–Kier alpha value is 0.110. The van der Waals surface area contributed by atoms with Crippen molar-refractivity contribution < 1.29 is 30.2 Å². The fourth-order valence-corrected chi connectivity index (χ4v) is 1.05. The summed E-state index contributed by atoms with van der Waals surface area (Å²) < 4.78 is 73.5. The molecular formula is C5H7BrF4O3S. The average Bonchev–Trinajstić information content (AvgIpc) is 1.80. The van der Waals surface area contributed by atoms with Gasteiger partial charge in [0.05, 0.1) is 12.9 Å². The maximum atomic E-state index is 12.4. The van der Waals surface area contributed by atoms with E-state index in [1.807, 2.05) is 0 Å². The summed E-state index contributed by atoms with van der Waals surface area (Å²) in [7, 11) is -3.89. The highest BCUT2D eigenvalue weighted by Crippen LogP contribution is 2.41. The Labute approximate surface area is 86.7 Å². The highest BCUT2D eigenvalue weighted by Gasteiger charge is 2.53. The van der Waals surface area contributed by atoms with Crippen molar-refractivity contribution in [2.24, 2.45) is 0 Å². The van der Waals surface area contributed by atoms with Gasteiger partial charge in [0.1, 0.15) is 0 Å². The monoisotopic (exact) mass is 302 g/mol. The van der Waals surface area contributed by atoms with E-state index in [1.165, 1.54) is 15.9 Å². The zero-order valence-electron chi connectivity index (χ0n) is 6.94. The van der Waals surface area contributed by atoms with E-state index in [4.69, 9.17) is 0 Å². The molecule has 0 aliphatic heterocycles. The van der Waals surface area contributed by atoms with Gasteiger partial charge in [-0.15, -0.1) is 0 Å². The molecule has 0 rings (SSSR count). The van der Waals surface area contributed by atoms with Gasteiger partial charge in [0.2, 0.25) is 0 Å². The molecule has 0 unspecified atom stereocenters. The van der Waals surface area contributed by atoms with Crippen LogP contribution in [0, 0.1) is 0 Å². The van der Waals surface area contributed by atoms with Crippen LogP contribution in [0.1, 0.15) is 6.42 Å². The summed E-state index contributed by atoms with van der Waals surface area (Å²) in [5.41, 5.74) is 0. The smallest absolute Gasteiger partial charge is 0.270 e. The summed E-state index contributed by atoms with van der Waals surface area (Å²) in [6, 6.07) is 0. The third-order valence-electron chi connectivity index (χ3n) is 1.13. The van der Waals surface area contributed by atoms with Crippen LogP contribution in [0.3, 0.4) is 0 Å². The minimum Gasteiger partial charge on any atom is -0.270 e. The summed E-state index contributed by atoms with van der Waals surface area (Å²) in [6.45, 7) is -0.993. The summed E-state index contributed by atoms with van der Waals surface area (Å²) in [6.07, 6.45) is -0.754. The van der Waals surface area contributed by atoms with Crippen molar-refractivity contribution in [2.75, 3.05) is 12.9 Å². The third kappa shape index (κ3) is 5.11. The maximum absolute atomic E-state index is 12.4. The van der Waals surface area contributed by atoms with Crippen LogP contribution in [-0.2, 0) is 14.3 Å². The minimum absolute atomic E-state index is 0.636.